The van der Waals surface area contributed by atoms with Crippen molar-refractivity contribution in [2.24, 2.45) is 11.8 Å². The number of amides is 3. The van der Waals surface area contributed by atoms with Crippen LogP contribution >= 0.6 is 0 Å². The predicted molar refractivity (Wildman–Crippen MR) is 128 cm³/mol. The van der Waals surface area contributed by atoms with E-state index in [1.165, 1.54) is 36.4 Å². The predicted octanol–water partition coefficient (Wildman–Crippen LogP) is 6.03. The van der Waals surface area contributed by atoms with E-state index in [0.717, 1.165) is 23.0 Å². The third-order valence-electron chi connectivity index (χ3n) is 7.04. The van der Waals surface area contributed by atoms with Crippen LogP contribution in [0.4, 0.5) is 24.5 Å². The van der Waals surface area contributed by atoms with Gasteiger partial charge in [0.2, 0.25) is 11.8 Å². The van der Waals surface area contributed by atoms with Gasteiger partial charge in [-0.15, -0.1) is 0 Å². The summed E-state index contributed by atoms with van der Waals surface area (Å²) < 4.78 is 39.9. The van der Waals surface area contributed by atoms with Gasteiger partial charge in [0.05, 0.1) is 28.8 Å². The first-order chi connectivity index (χ1) is 17.2. The number of benzene rings is 3. The van der Waals surface area contributed by atoms with Crippen LogP contribution in [-0.2, 0) is 15.8 Å². The number of nitrogens with zero attached hydrogens (tertiary/aromatic N) is 1. The van der Waals surface area contributed by atoms with Crippen molar-refractivity contribution in [3.05, 3.63) is 95.6 Å². The smallest absolute Gasteiger partial charge is 0.321 e. The summed E-state index contributed by atoms with van der Waals surface area (Å²) in [5, 5.41) is 2.30. The highest BCUT2D eigenvalue weighted by Crippen LogP contribution is 2.45. The van der Waals surface area contributed by atoms with Gasteiger partial charge in [0.25, 0.3) is 5.91 Å². The summed E-state index contributed by atoms with van der Waals surface area (Å²) in [5.41, 5.74) is 0.102. The molecule has 1 N–H and O–H groups in total. The van der Waals surface area contributed by atoms with Gasteiger partial charge in [-0.3, -0.25) is 19.3 Å². The first kappa shape index (κ1) is 23.8. The number of hydrogen-bond acceptors (Lipinski definition) is 3. The fourth-order valence-electron chi connectivity index (χ4n) is 5.28. The largest absolute Gasteiger partial charge is 0.418 e. The maximum Gasteiger partial charge on any atom is 0.418 e. The summed E-state index contributed by atoms with van der Waals surface area (Å²) in [4.78, 5) is 40.5. The number of halogens is 3. The zero-order valence-corrected chi connectivity index (χ0v) is 19.2. The Morgan fingerprint density at radius 2 is 1.53 bits per heavy atom. The maximum atomic E-state index is 13.3. The first-order valence-electron chi connectivity index (χ1n) is 11.7. The molecular weight excluding hydrogens is 469 g/mol. The highest BCUT2D eigenvalue weighted by atomic mass is 19.4. The number of nitrogens with one attached hydrogen (secondary N) is 1. The maximum absolute atomic E-state index is 13.3. The molecule has 0 bridgehead atoms. The van der Waals surface area contributed by atoms with E-state index in [2.05, 4.69) is 5.32 Å². The number of carbonyl (C=O) groups excluding carboxylic acids is 3. The van der Waals surface area contributed by atoms with Gasteiger partial charge in [0.15, 0.2) is 0 Å². The SMILES string of the molecule is O=C(Nc1ccccc1C(F)(F)F)c1cccc(N2C(=O)C3CCC(c4ccccc4)CC3C2=O)c1. The van der Waals surface area contributed by atoms with Crippen molar-refractivity contribution in [3.8, 4) is 0 Å². The zero-order valence-electron chi connectivity index (χ0n) is 19.2. The van der Waals surface area contributed by atoms with E-state index in [1.807, 2.05) is 30.3 Å². The first-order valence-corrected chi connectivity index (χ1v) is 11.7. The zero-order chi connectivity index (χ0) is 25.4. The summed E-state index contributed by atoms with van der Waals surface area (Å²) in [7, 11) is 0. The van der Waals surface area contributed by atoms with Gasteiger partial charge in [0, 0.05) is 5.56 Å². The number of alkyl halides is 3. The molecule has 1 aliphatic heterocycles. The van der Waals surface area contributed by atoms with Crippen LogP contribution in [0.1, 0.15) is 46.7 Å². The van der Waals surface area contributed by atoms with Gasteiger partial charge in [0.1, 0.15) is 0 Å². The second-order valence-electron chi connectivity index (χ2n) is 9.19. The van der Waals surface area contributed by atoms with Gasteiger partial charge in [-0.05, 0) is 61.1 Å². The van der Waals surface area contributed by atoms with Crippen molar-refractivity contribution >= 4 is 29.1 Å². The Bertz CT molecular complexity index is 1320. The summed E-state index contributed by atoms with van der Waals surface area (Å²) in [5.74, 6) is -2.02. The molecule has 1 heterocycles. The normalized spacial score (nSPS) is 21.9. The fourth-order valence-corrected chi connectivity index (χ4v) is 5.28. The molecule has 2 fully saturated rings. The Hall–Kier alpha value is -3.94. The summed E-state index contributed by atoms with van der Waals surface area (Å²) in [6, 6.07) is 20.5. The van der Waals surface area contributed by atoms with Crippen molar-refractivity contribution < 1.29 is 27.6 Å². The molecule has 5 rings (SSSR count). The molecule has 1 saturated heterocycles. The Morgan fingerprint density at radius 1 is 0.833 bits per heavy atom. The fraction of sp³-hybridized carbons (Fsp3) is 0.250. The highest BCUT2D eigenvalue weighted by Gasteiger charge is 2.50. The lowest BCUT2D eigenvalue weighted by Gasteiger charge is -2.28. The van der Waals surface area contributed by atoms with Crippen LogP contribution in [0.5, 0.6) is 0 Å². The molecule has 36 heavy (non-hydrogen) atoms. The van der Waals surface area contributed by atoms with Gasteiger partial charge in [-0.2, -0.15) is 13.2 Å². The van der Waals surface area contributed by atoms with E-state index in [9.17, 15) is 27.6 Å². The molecule has 0 radical (unpaired) electrons. The molecule has 5 nitrogen and oxygen atoms in total. The monoisotopic (exact) mass is 492 g/mol. The number of fused-ring (bicyclic) bond motifs is 1. The Balaban J connectivity index is 1.37. The molecule has 184 valence electrons. The second-order valence-corrected chi connectivity index (χ2v) is 9.19. The van der Waals surface area contributed by atoms with Crippen molar-refractivity contribution in [2.45, 2.75) is 31.4 Å². The van der Waals surface area contributed by atoms with Gasteiger partial charge in [-0.1, -0.05) is 48.5 Å². The van der Waals surface area contributed by atoms with Crippen LogP contribution < -0.4 is 10.2 Å². The van der Waals surface area contributed by atoms with E-state index >= 15 is 0 Å². The molecule has 2 aliphatic rings. The highest BCUT2D eigenvalue weighted by molar-refractivity contribution is 6.22. The minimum absolute atomic E-state index is 0.0436. The summed E-state index contributed by atoms with van der Waals surface area (Å²) >= 11 is 0. The average molecular weight is 492 g/mol. The molecular formula is C28H23F3N2O3. The number of hydrogen-bond donors (Lipinski definition) is 1. The van der Waals surface area contributed by atoms with Crippen LogP contribution in [0.3, 0.4) is 0 Å². The summed E-state index contributed by atoms with van der Waals surface area (Å²) in [6.07, 6.45) is -2.66. The lowest BCUT2D eigenvalue weighted by Crippen LogP contribution is -2.31. The van der Waals surface area contributed by atoms with Crippen LogP contribution in [0.15, 0.2) is 78.9 Å². The molecule has 0 aromatic heterocycles. The van der Waals surface area contributed by atoms with E-state index in [1.54, 1.807) is 6.07 Å². The lowest BCUT2D eigenvalue weighted by molar-refractivity contribution is -0.137. The van der Waals surface area contributed by atoms with Crippen LogP contribution in [-0.4, -0.2) is 17.7 Å². The molecule has 1 aliphatic carbocycles. The Labute approximate surface area is 205 Å². The molecule has 0 spiro atoms. The molecule has 1 saturated carbocycles. The van der Waals surface area contributed by atoms with Gasteiger partial charge < -0.3 is 5.32 Å². The second kappa shape index (κ2) is 9.26. The Kier molecular flexibility index (Phi) is 6.12. The summed E-state index contributed by atoms with van der Waals surface area (Å²) in [6.45, 7) is 0. The lowest BCUT2D eigenvalue weighted by atomic mass is 9.73. The van der Waals surface area contributed by atoms with Crippen molar-refractivity contribution in [1.82, 2.24) is 0 Å². The van der Waals surface area contributed by atoms with Crippen molar-refractivity contribution in [3.63, 3.8) is 0 Å². The van der Waals surface area contributed by atoms with E-state index in [4.69, 9.17) is 0 Å². The standard InChI is InChI=1S/C28H23F3N2O3/c29-28(30,31)23-11-4-5-12-24(23)32-25(34)19-9-6-10-20(15-19)33-26(35)21-14-13-18(16-22(21)27(33)36)17-7-2-1-3-8-17/h1-12,15,18,21-22H,13-14,16H2,(H,32,34). The molecule has 3 atom stereocenters. The van der Waals surface area contributed by atoms with Crippen molar-refractivity contribution in [1.29, 1.82) is 0 Å². The van der Waals surface area contributed by atoms with Gasteiger partial charge >= 0.3 is 6.18 Å². The topological polar surface area (TPSA) is 66.5 Å². The van der Waals surface area contributed by atoms with Crippen LogP contribution in [0, 0.1) is 11.8 Å². The van der Waals surface area contributed by atoms with Crippen LogP contribution in [0.2, 0.25) is 0 Å². The minimum atomic E-state index is -4.63. The number of imide groups is 1. The molecule has 3 aromatic carbocycles. The number of rotatable bonds is 4. The van der Waals surface area contributed by atoms with Crippen molar-refractivity contribution in [2.75, 3.05) is 10.2 Å². The number of anilines is 2. The quantitative estimate of drug-likeness (QED) is 0.452. The van der Waals surface area contributed by atoms with Crippen LogP contribution in [0.25, 0.3) is 0 Å². The van der Waals surface area contributed by atoms with Gasteiger partial charge in [-0.25, -0.2) is 0 Å². The molecule has 3 unspecified atom stereocenters. The van der Waals surface area contributed by atoms with E-state index < -0.39 is 29.5 Å². The number of carbonyl (C=O) groups is 3. The molecule has 8 heteroatoms. The third kappa shape index (κ3) is 4.39. The molecule has 3 aromatic rings. The Morgan fingerprint density at radius 3 is 2.28 bits per heavy atom. The molecule has 3 amide bonds. The van der Waals surface area contributed by atoms with E-state index in [-0.39, 0.29) is 34.7 Å². The third-order valence-corrected chi connectivity index (χ3v) is 7.04. The van der Waals surface area contributed by atoms with E-state index in [0.29, 0.717) is 12.8 Å². The minimum Gasteiger partial charge on any atom is -0.321 e. The average Bonchev–Trinajstić information content (AvgIpc) is 3.13. The number of para-hydroxylation sites is 1.